The van der Waals surface area contributed by atoms with Crippen LogP contribution in [0.25, 0.3) is 0 Å². The molecule has 2 rings (SSSR count). The van der Waals surface area contributed by atoms with Crippen LogP contribution in [-0.2, 0) is 22.4 Å². The van der Waals surface area contributed by atoms with E-state index in [1.165, 1.54) is 10.5 Å². The predicted octanol–water partition coefficient (Wildman–Crippen LogP) is 2.28. The van der Waals surface area contributed by atoms with Crippen LogP contribution in [0.15, 0.2) is 35.5 Å². The van der Waals surface area contributed by atoms with Gasteiger partial charge in [0.05, 0.1) is 12.1 Å². The summed E-state index contributed by atoms with van der Waals surface area (Å²) < 4.78 is 26.3. The Bertz CT molecular complexity index is 697. The van der Waals surface area contributed by atoms with Gasteiger partial charge in [0, 0.05) is 19.2 Å². The van der Waals surface area contributed by atoms with Gasteiger partial charge in [-0.15, -0.1) is 11.6 Å². The number of nitrogens with zero attached hydrogens (tertiary/aromatic N) is 2. The molecule has 0 spiro atoms. The molecule has 108 valence electrons. The second-order valence-corrected chi connectivity index (χ2v) is 6.79. The third kappa shape index (κ3) is 2.87. The Labute approximate surface area is 123 Å². The lowest BCUT2D eigenvalue weighted by Crippen LogP contribution is -2.27. The van der Waals surface area contributed by atoms with Gasteiger partial charge in [-0.2, -0.15) is 9.40 Å². The van der Waals surface area contributed by atoms with E-state index in [4.69, 9.17) is 11.6 Å². The fourth-order valence-electron chi connectivity index (χ4n) is 1.89. The molecular weight excluding hydrogens is 298 g/mol. The molecule has 0 saturated carbocycles. The number of halogens is 1. The first-order valence-corrected chi connectivity index (χ1v) is 8.03. The summed E-state index contributed by atoms with van der Waals surface area (Å²) in [6.07, 6.45) is 1.43. The molecule has 0 aliphatic rings. The van der Waals surface area contributed by atoms with Gasteiger partial charge in [0.1, 0.15) is 0 Å². The van der Waals surface area contributed by atoms with Gasteiger partial charge in [0.2, 0.25) is 0 Å². The molecule has 1 aromatic carbocycles. The van der Waals surface area contributed by atoms with E-state index in [-0.39, 0.29) is 10.9 Å². The van der Waals surface area contributed by atoms with Crippen LogP contribution in [0.5, 0.6) is 0 Å². The molecule has 0 aliphatic heterocycles. The predicted molar refractivity (Wildman–Crippen MR) is 78.0 cm³/mol. The molecule has 1 N–H and O–H groups in total. The van der Waals surface area contributed by atoms with E-state index < -0.39 is 10.0 Å². The number of alkyl halides is 1. The zero-order valence-corrected chi connectivity index (χ0v) is 12.9. The molecular formula is C13H16ClN3O2S. The van der Waals surface area contributed by atoms with E-state index in [9.17, 15) is 8.42 Å². The summed E-state index contributed by atoms with van der Waals surface area (Å²) >= 11 is 5.73. The zero-order valence-electron chi connectivity index (χ0n) is 11.3. The smallest absolute Gasteiger partial charge is 0.260 e. The number of aromatic amines is 1. The van der Waals surface area contributed by atoms with E-state index >= 15 is 0 Å². The Morgan fingerprint density at radius 2 is 2.00 bits per heavy atom. The summed E-state index contributed by atoms with van der Waals surface area (Å²) in [5.41, 5.74) is 2.49. The average Bonchev–Trinajstić information content (AvgIpc) is 2.90. The van der Waals surface area contributed by atoms with Crippen molar-refractivity contribution in [2.45, 2.75) is 24.4 Å². The topological polar surface area (TPSA) is 66.1 Å². The molecule has 5 nitrogen and oxygen atoms in total. The number of benzene rings is 1. The molecule has 0 fully saturated rings. The Kier molecular flexibility index (Phi) is 4.47. The minimum Gasteiger partial charge on any atom is -0.266 e. The SMILES string of the molecule is Cc1ccccc1CN(C)S(=O)(=O)c1[nH]ncc1CCl. The molecule has 20 heavy (non-hydrogen) atoms. The van der Waals surface area contributed by atoms with Crippen molar-refractivity contribution in [3.8, 4) is 0 Å². The number of hydrogen-bond acceptors (Lipinski definition) is 3. The van der Waals surface area contributed by atoms with Crippen LogP contribution in [0, 0.1) is 6.92 Å². The normalized spacial score (nSPS) is 12.0. The van der Waals surface area contributed by atoms with Crippen molar-refractivity contribution >= 4 is 21.6 Å². The van der Waals surface area contributed by atoms with Crippen LogP contribution >= 0.6 is 11.6 Å². The fraction of sp³-hybridized carbons (Fsp3) is 0.308. The summed E-state index contributed by atoms with van der Waals surface area (Å²) in [6.45, 7) is 2.26. The van der Waals surface area contributed by atoms with Gasteiger partial charge in [-0.3, -0.25) is 5.10 Å². The molecule has 1 aromatic heterocycles. The third-order valence-electron chi connectivity index (χ3n) is 3.14. The highest BCUT2D eigenvalue weighted by molar-refractivity contribution is 7.89. The molecule has 0 saturated heterocycles. The van der Waals surface area contributed by atoms with Gasteiger partial charge >= 0.3 is 0 Å². The molecule has 1 heterocycles. The largest absolute Gasteiger partial charge is 0.266 e. The number of H-pyrrole nitrogens is 1. The lowest BCUT2D eigenvalue weighted by Gasteiger charge is -2.18. The minimum absolute atomic E-state index is 0.0589. The van der Waals surface area contributed by atoms with E-state index in [2.05, 4.69) is 10.2 Å². The van der Waals surface area contributed by atoms with Crippen LogP contribution < -0.4 is 0 Å². The highest BCUT2D eigenvalue weighted by Crippen LogP contribution is 2.20. The minimum atomic E-state index is -3.62. The van der Waals surface area contributed by atoms with Crippen LogP contribution in [0.4, 0.5) is 0 Å². The summed E-state index contributed by atoms with van der Waals surface area (Å²) in [5.74, 6) is 0.100. The van der Waals surface area contributed by atoms with Crippen LogP contribution in [0.2, 0.25) is 0 Å². The van der Waals surface area contributed by atoms with Crippen molar-refractivity contribution in [2.24, 2.45) is 0 Å². The van der Waals surface area contributed by atoms with Gasteiger partial charge in [-0.1, -0.05) is 24.3 Å². The summed E-state index contributed by atoms with van der Waals surface area (Å²) in [7, 11) is -2.08. The monoisotopic (exact) mass is 313 g/mol. The number of sulfonamides is 1. The van der Waals surface area contributed by atoms with Crippen molar-refractivity contribution in [2.75, 3.05) is 7.05 Å². The fourth-order valence-corrected chi connectivity index (χ4v) is 3.41. The van der Waals surface area contributed by atoms with Crippen LogP contribution in [0.1, 0.15) is 16.7 Å². The van der Waals surface area contributed by atoms with Crippen molar-refractivity contribution in [3.05, 3.63) is 47.2 Å². The van der Waals surface area contributed by atoms with Crippen molar-refractivity contribution < 1.29 is 8.42 Å². The molecule has 0 aliphatic carbocycles. The van der Waals surface area contributed by atoms with E-state index in [0.717, 1.165) is 11.1 Å². The lowest BCUT2D eigenvalue weighted by atomic mass is 10.1. The summed E-state index contributed by atoms with van der Waals surface area (Å²) in [5, 5.41) is 6.32. The average molecular weight is 314 g/mol. The number of rotatable bonds is 5. The number of hydrogen-bond donors (Lipinski definition) is 1. The van der Waals surface area contributed by atoms with Gasteiger partial charge in [0.25, 0.3) is 10.0 Å². The Morgan fingerprint density at radius 1 is 1.30 bits per heavy atom. The Morgan fingerprint density at radius 3 is 2.65 bits per heavy atom. The van der Waals surface area contributed by atoms with E-state index in [0.29, 0.717) is 12.1 Å². The van der Waals surface area contributed by atoms with Gasteiger partial charge in [-0.05, 0) is 18.1 Å². The molecule has 0 unspecified atom stereocenters. The third-order valence-corrected chi connectivity index (χ3v) is 5.25. The van der Waals surface area contributed by atoms with Gasteiger partial charge < -0.3 is 0 Å². The zero-order chi connectivity index (χ0) is 14.8. The second kappa shape index (κ2) is 5.95. The first kappa shape index (κ1) is 15.0. The van der Waals surface area contributed by atoms with Gasteiger partial charge in [0.15, 0.2) is 5.03 Å². The highest BCUT2D eigenvalue weighted by atomic mass is 35.5. The molecule has 2 aromatic rings. The molecule has 0 bridgehead atoms. The maximum Gasteiger partial charge on any atom is 0.260 e. The number of aromatic nitrogens is 2. The van der Waals surface area contributed by atoms with Crippen molar-refractivity contribution in [3.63, 3.8) is 0 Å². The molecule has 0 amide bonds. The second-order valence-electron chi connectivity index (χ2n) is 4.55. The quantitative estimate of drug-likeness (QED) is 0.861. The van der Waals surface area contributed by atoms with Crippen molar-refractivity contribution in [1.29, 1.82) is 0 Å². The standard InChI is InChI=1S/C13H16ClN3O2S/c1-10-5-3-4-6-11(10)9-17(2)20(18,19)13-12(7-14)8-15-16-13/h3-6,8H,7,9H2,1-2H3,(H,15,16). The maximum absolute atomic E-state index is 12.5. The first-order chi connectivity index (χ1) is 9.46. The van der Waals surface area contributed by atoms with Gasteiger partial charge in [-0.25, -0.2) is 8.42 Å². The molecule has 0 atom stereocenters. The van der Waals surface area contributed by atoms with Crippen LogP contribution in [0.3, 0.4) is 0 Å². The Balaban J connectivity index is 2.29. The van der Waals surface area contributed by atoms with Crippen molar-refractivity contribution in [1.82, 2.24) is 14.5 Å². The van der Waals surface area contributed by atoms with E-state index in [1.54, 1.807) is 7.05 Å². The highest BCUT2D eigenvalue weighted by Gasteiger charge is 2.25. The maximum atomic E-state index is 12.5. The summed E-state index contributed by atoms with van der Waals surface area (Å²) in [4.78, 5) is 0. The Hall–Kier alpha value is -1.37. The summed E-state index contributed by atoms with van der Waals surface area (Å²) in [6, 6.07) is 7.68. The van der Waals surface area contributed by atoms with E-state index in [1.807, 2.05) is 31.2 Å². The number of nitrogens with one attached hydrogen (secondary N) is 1. The lowest BCUT2D eigenvalue weighted by molar-refractivity contribution is 0.462. The molecule has 0 radical (unpaired) electrons. The number of aryl methyl sites for hydroxylation is 1. The molecule has 7 heteroatoms. The first-order valence-electron chi connectivity index (χ1n) is 6.06. The van der Waals surface area contributed by atoms with Crippen LogP contribution in [-0.4, -0.2) is 30.0 Å².